The van der Waals surface area contributed by atoms with E-state index in [4.69, 9.17) is 32.7 Å². The molecule has 4 heterocycles. The van der Waals surface area contributed by atoms with Gasteiger partial charge in [-0.15, -0.1) is 20.4 Å². The Morgan fingerprint density at radius 1 is 0.595 bits per heavy atom. The van der Waals surface area contributed by atoms with E-state index < -0.39 is 0 Å². The van der Waals surface area contributed by atoms with Crippen molar-refractivity contribution in [2.75, 3.05) is 0 Å². The number of fused-ring (bicyclic) bond motifs is 2. The molecule has 0 bridgehead atoms. The minimum absolute atomic E-state index is 0.202. The normalized spacial score (nSPS) is 11.5. The van der Waals surface area contributed by atoms with E-state index in [0.717, 1.165) is 32.8 Å². The monoisotopic (exact) mass is 634 g/mol. The summed E-state index contributed by atoms with van der Waals surface area (Å²) in [4.78, 5) is 1.40. The van der Waals surface area contributed by atoms with Crippen LogP contribution in [0, 0.1) is 0 Å². The van der Waals surface area contributed by atoms with Crippen LogP contribution in [0.3, 0.4) is 0 Å². The van der Waals surface area contributed by atoms with Crippen molar-refractivity contribution in [3.05, 3.63) is 116 Å². The van der Waals surface area contributed by atoms with E-state index in [2.05, 4.69) is 30.6 Å². The van der Waals surface area contributed by atoms with Crippen molar-refractivity contribution in [1.82, 2.24) is 39.6 Å². The molecule has 210 valence electrons. The summed E-state index contributed by atoms with van der Waals surface area (Å²) in [6.45, 7) is 0.403. The van der Waals surface area contributed by atoms with Gasteiger partial charge in [-0.3, -0.25) is 0 Å². The van der Waals surface area contributed by atoms with Gasteiger partial charge in [0.1, 0.15) is 24.7 Å². The molecule has 0 aliphatic heterocycles. The van der Waals surface area contributed by atoms with E-state index >= 15 is 0 Å². The first-order valence-electron chi connectivity index (χ1n) is 12.8. The molecule has 42 heavy (non-hydrogen) atoms. The van der Waals surface area contributed by atoms with Gasteiger partial charge < -0.3 is 9.47 Å². The van der Waals surface area contributed by atoms with Gasteiger partial charge in [0, 0.05) is 25.0 Å². The smallest absolute Gasteiger partial charge is 0.234 e. The lowest BCUT2D eigenvalue weighted by Crippen LogP contribution is -2.02. The molecule has 0 spiro atoms. The van der Waals surface area contributed by atoms with E-state index in [1.165, 1.54) is 22.7 Å². The molecule has 7 rings (SSSR count). The van der Waals surface area contributed by atoms with E-state index in [9.17, 15) is 0 Å². The third-order valence-electron chi connectivity index (χ3n) is 6.29. The van der Waals surface area contributed by atoms with Crippen molar-refractivity contribution in [2.24, 2.45) is 0 Å². The first-order valence-corrected chi connectivity index (χ1v) is 15.2. The summed E-state index contributed by atoms with van der Waals surface area (Å²) in [7, 11) is 0. The van der Waals surface area contributed by atoms with Crippen LogP contribution in [0.2, 0.25) is 10.0 Å². The Morgan fingerprint density at radius 3 is 1.45 bits per heavy atom. The maximum Gasteiger partial charge on any atom is 0.234 e. The molecule has 0 N–H and O–H groups in total. The Balaban J connectivity index is 0.995. The van der Waals surface area contributed by atoms with Gasteiger partial charge in [-0.2, -0.15) is 19.2 Å². The minimum atomic E-state index is 0.202. The lowest BCUT2D eigenvalue weighted by molar-refractivity contribution is 0.295. The van der Waals surface area contributed by atoms with Crippen molar-refractivity contribution in [3.8, 4) is 11.5 Å². The summed E-state index contributed by atoms with van der Waals surface area (Å²) in [5, 5.41) is 28.5. The molecular weight excluding hydrogens is 615 g/mol. The third kappa shape index (κ3) is 5.66. The first-order chi connectivity index (χ1) is 20.6. The zero-order valence-corrected chi connectivity index (χ0v) is 24.9. The molecule has 0 fully saturated rings. The SMILES string of the molecule is Clc1cc(OCc2nn3c(Cc4ccccc4)nnc3s2)c(Cl)cc1OCc1nn2c(Cc3ccccc3)nnc2s1. The highest BCUT2D eigenvalue weighted by molar-refractivity contribution is 7.16. The summed E-state index contributed by atoms with van der Waals surface area (Å²) >= 11 is 15.9. The maximum atomic E-state index is 6.52. The summed E-state index contributed by atoms with van der Waals surface area (Å²) in [6.07, 6.45) is 1.27. The molecule has 14 heteroatoms. The van der Waals surface area contributed by atoms with Crippen LogP contribution in [-0.4, -0.2) is 39.6 Å². The highest BCUT2D eigenvalue weighted by atomic mass is 35.5. The zero-order chi connectivity index (χ0) is 28.5. The highest BCUT2D eigenvalue weighted by Gasteiger charge is 2.16. The molecule has 3 aromatic carbocycles. The van der Waals surface area contributed by atoms with Gasteiger partial charge in [0.05, 0.1) is 10.0 Å². The number of rotatable bonds is 10. The number of nitrogens with zero attached hydrogens (tertiary/aromatic N) is 8. The van der Waals surface area contributed by atoms with E-state index in [1.807, 2.05) is 60.7 Å². The van der Waals surface area contributed by atoms with E-state index in [-0.39, 0.29) is 13.2 Å². The molecule has 10 nitrogen and oxygen atoms in total. The molecule has 4 aromatic heterocycles. The summed E-state index contributed by atoms with van der Waals surface area (Å²) < 4.78 is 15.4. The van der Waals surface area contributed by atoms with Crippen LogP contribution < -0.4 is 9.47 Å². The molecule has 0 saturated carbocycles. The van der Waals surface area contributed by atoms with Gasteiger partial charge in [-0.05, 0) is 11.1 Å². The predicted molar refractivity (Wildman–Crippen MR) is 161 cm³/mol. The lowest BCUT2D eigenvalue weighted by Gasteiger charge is -2.11. The van der Waals surface area contributed by atoms with Crippen molar-refractivity contribution in [2.45, 2.75) is 26.1 Å². The minimum Gasteiger partial charge on any atom is -0.485 e. The topological polar surface area (TPSA) is 105 Å². The van der Waals surface area contributed by atoms with E-state index in [0.29, 0.717) is 44.3 Å². The van der Waals surface area contributed by atoms with Crippen LogP contribution in [0.4, 0.5) is 0 Å². The van der Waals surface area contributed by atoms with Gasteiger partial charge in [0.2, 0.25) is 9.92 Å². The quantitative estimate of drug-likeness (QED) is 0.172. The summed E-state index contributed by atoms with van der Waals surface area (Å²) in [5.74, 6) is 2.37. The Kier molecular flexibility index (Phi) is 7.43. The molecule has 0 atom stereocenters. The van der Waals surface area contributed by atoms with Crippen LogP contribution in [0.5, 0.6) is 11.5 Å². The van der Waals surface area contributed by atoms with Crippen LogP contribution in [0.25, 0.3) is 9.92 Å². The number of hydrogen-bond acceptors (Lipinski definition) is 10. The average molecular weight is 636 g/mol. The fourth-order valence-electron chi connectivity index (χ4n) is 4.30. The van der Waals surface area contributed by atoms with Crippen molar-refractivity contribution >= 4 is 55.8 Å². The zero-order valence-electron chi connectivity index (χ0n) is 21.7. The number of aromatic nitrogens is 8. The van der Waals surface area contributed by atoms with Gasteiger partial charge >= 0.3 is 0 Å². The predicted octanol–water partition coefficient (Wildman–Crippen LogP) is 6.33. The summed E-state index contributed by atoms with van der Waals surface area (Å²) in [5.41, 5.74) is 2.27. The Labute approximate surface area is 257 Å². The molecule has 0 aliphatic rings. The van der Waals surface area contributed by atoms with E-state index in [1.54, 1.807) is 21.2 Å². The van der Waals surface area contributed by atoms with Crippen LogP contribution in [-0.2, 0) is 26.1 Å². The van der Waals surface area contributed by atoms with Crippen molar-refractivity contribution in [3.63, 3.8) is 0 Å². The summed E-state index contributed by atoms with van der Waals surface area (Å²) in [6, 6.07) is 23.4. The number of hydrogen-bond donors (Lipinski definition) is 0. The molecule has 0 amide bonds. The van der Waals surface area contributed by atoms with Gasteiger partial charge in [0.15, 0.2) is 21.7 Å². The average Bonchev–Trinajstić information content (AvgIpc) is 3.77. The molecule has 0 saturated heterocycles. The van der Waals surface area contributed by atoms with Gasteiger partial charge in [-0.25, -0.2) is 0 Å². The molecule has 0 unspecified atom stereocenters. The lowest BCUT2D eigenvalue weighted by atomic mass is 10.1. The number of halogens is 2. The van der Waals surface area contributed by atoms with Crippen molar-refractivity contribution < 1.29 is 9.47 Å². The van der Waals surface area contributed by atoms with Crippen LogP contribution in [0.15, 0.2) is 72.8 Å². The van der Waals surface area contributed by atoms with Crippen LogP contribution in [0.1, 0.15) is 32.8 Å². The fraction of sp³-hybridized carbons (Fsp3) is 0.143. The largest absolute Gasteiger partial charge is 0.485 e. The molecule has 0 radical (unpaired) electrons. The first kappa shape index (κ1) is 26.8. The van der Waals surface area contributed by atoms with Gasteiger partial charge in [0.25, 0.3) is 0 Å². The second kappa shape index (κ2) is 11.6. The number of ether oxygens (including phenoxy) is 2. The maximum absolute atomic E-state index is 6.52. The Bertz CT molecular complexity index is 1850. The van der Waals surface area contributed by atoms with Gasteiger partial charge in [-0.1, -0.05) is 107 Å². The highest BCUT2D eigenvalue weighted by Crippen LogP contribution is 2.37. The Morgan fingerprint density at radius 2 is 1.02 bits per heavy atom. The molecule has 7 aromatic rings. The fourth-order valence-corrected chi connectivity index (χ4v) is 6.25. The number of benzene rings is 3. The van der Waals surface area contributed by atoms with Crippen molar-refractivity contribution in [1.29, 1.82) is 0 Å². The second-order valence-electron chi connectivity index (χ2n) is 9.23. The standard InChI is InChI=1S/C28H20Cl2N8O2S2/c29-19-14-22(40-16-26-36-38-24(32-34-28(38)42-26)12-18-9-5-2-6-10-18)20(30)13-21(19)39-15-25-35-37-23(31-33-27(37)41-25)11-17-7-3-1-4-8-17/h1-10,13-14H,11-12,15-16H2. The second-order valence-corrected chi connectivity index (χ2v) is 12.1. The molecular formula is C28H20Cl2N8O2S2. The molecule has 0 aliphatic carbocycles. The third-order valence-corrected chi connectivity index (χ3v) is 8.63. The Hall–Kier alpha value is -4.10. The van der Waals surface area contributed by atoms with Crippen LogP contribution >= 0.6 is 45.9 Å².